The van der Waals surface area contributed by atoms with Gasteiger partial charge in [-0.3, -0.25) is 4.99 Å². The molecule has 0 radical (unpaired) electrons. The highest BCUT2D eigenvalue weighted by Gasteiger charge is 2.43. The van der Waals surface area contributed by atoms with E-state index in [1.165, 1.54) is 12.1 Å². The Morgan fingerprint density at radius 1 is 0.903 bits per heavy atom. The Labute approximate surface area is 182 Å². The van der Waals surface area contributed by atoms with Gasteiger partial charge < -0.3 is 4.74 Å². The fourth-order valence-corrected chi connectivity index (χ4v) is 3.79. The minimum Gasteiger partial charge on any atom is -0.428 e. The molecule has 7 heteroatoms. The summed E-state index contributed by atoms with van der Waals surface area (Å²) in [6.45, 7) is 0. The number of rotatable bonds is 6. The molecule has 0 N–H and O–H groups in total. The molecule has 4 rings (SSSR count). The van der Waals surface area contributed by atoms with Crippen LogP contribution in [0.4, 0.5) is 17.6 Å². The monoisotopic (exact) mass is 447 g/mol. The van der Waals surface area contributed by atoms with E-state index < -0.39 is 12.5 Å². The first-order chi connectivity index (χ1) is 14.8. The number of alkyl halides is 4. The maximum atomic E-state index is 13.0. The predicted octanol–water partition coefficient (Wildman–Crippen LogP) is 7.57. The smallest absolute Gasteiger partial charge is 0.428 e. The summed E-state index contributed by atoms with van der Waals surface area (Å²) in [6, 6.07) is 21.1. The Bertz CT molecular complexity index is 1080. The second-order valence-electron chi connectivity index (χ2n) is 7.22. The summed E-state index contributed by atoms with van der Waals surface area (Å²) in [5.41, 5.74) is 4.65. The van der Waals surface area contributed by atoms with Crippen LogP contribution in [0.5, 0.6) is 5.75 Å². The van der Waals surface area contributed by atoms with Gasteiger partial charge in [-0.15, -0.1) is 0 Å². The van der Waals surface area contributed by atoms with Crippen LogP contribution >= 0.6 is 11.6 Å². The van der Waals surface area contributed by atoms with Crippen molar-refractivity contribution in [3.63, 3.8) is 0 Å². The lowest BCUT2D eigenvalue weighted by molar-refractivity contribution is -0.253. The molecule has 0 bridgehead atoms. The summed E-state index contributed by atoms with van der Waals surface area (Å²) in [6.07, 6.45) is -6.67. The molecule has 0 fully saturated rings. The molecule has 0 aliphatic carbocycles. The second-order valence-corrected chi connectivity index (χ2v) is 7.63. The van der Waals surface area contributed by atoms with Crippen LogP contribution in [-0.2, 0) is 0 Å². The van der Waals surface area contributed by atoms with Crippen molar-refractivity contribution in [2.75, 3.05) is 0 Å². The zero-order valence-electron chi connectivity index (χ0n) is 16.2. The quantitative estimate of drug-likeness (QED) is 0.357. The van der Waals surface area contributed by atoms with Crippen LogP contribution < -0.4 is 4.74 Å². The second kappa shape index (κ2) is 8.71. The average molecular weight is 448 g/mol. The minimum atomic E-state index is -4.52. The number of nitrogens with zero attached hydrogens (tertiary/aromatic N) is 1. The summed E-state index contributed by atoms with van der Waals surface area (Å²) in [4.78, 5) is 4.84. The van der Waals surface area contributed by atoms with Crippen molar-refractivity contribution >= 4 is 17.3 Å². The number of ether oxygens (including phenoxy) is 1. The molecule has 0 spiro atoms. The van der Waals surface area contributed by atoms with Crippen LogP contribution in [0, 0.1) is 0 Å². The van der Waals surface area contributed by atoms with E-state index in [0.717, 1.165) is 40.8 Å². The third-order valence-electron chi connectivity index (χ3n) is 5.14. The van der Waals surface area contributed by atoms with Crippen molar-refractivity contribution in [1.82, 2.24) is 0 Å². The van der Waals surface area contributed by atoms with E-state index in [1.54, 1.807) is 12.1 Å². The zero-order valence-corrected chi connectivity index (χ0v) is 17.0. The van der Waals surface area contributed by atoms with Crippen LogP contribution in [0.25, 0.3) is 11.1 Å². The van der Waals surface area contributed by atoms with E-state index in [-0.39, 0.29) is 11.8 Å². The van der Waals surface area contributed by atoms with Crippen LogP contribution in [0.2, 0.25) is 5.02 Å². The van der Waals surface area contributed by atoms with Gasteiger partial charge in [-0.2, -0.15) is 17.6 Å². The van der Waals surface area contributed by atoms with Gasteiger partial charge in [0, 0.05) is 16.3 Å². The highest BCUT2D eigenvalue weighted by molar-refractivity contribution is 6.34. The largest absolute Gasteiger partial charge is 0.461 e. The average Bonchev–Trinajstić information content (AvgIpc) is 3.24. The Morgan fingerprint density at radius 3 is 2.13 bits per heavy atom. The van der Waals surface area contributed by atoms with Crippen molar-refractivity contribution in [1.29, 1.82) is 0 Å². The standard InChI is InChI=1S/C24H18ClF4NO/c25-20-4-2-1-3-19(20)22-14-13-21(30-22)17-7-5-15(6-8-17)16-9-11-18(12-10-16)31-24(28,29)23(26)27/h1-12,21,23H,13-14H2. The van der Waals surface area contributed by atoms with E-state index in [4.69, 9.17) is 16.6 Å². The molecule has 0 amide bonds. The van der Waals surface area contributed by atoms with Gasteiger partial charge >= 0.3 is 12.5 Å². The molecule has 160 valence electrons. The van der Waals surface area contributed by atoms with Crippen LogP contribution in [0.3, 0.4) is 0 Å². The Hall–Kier alpha value is -2.86. The summed E-state index contributed by atoms with van der Waals surface area (Å²) >= 11 is 6.28. The van der Waals surface area contributed by atoms with Gasteiger partial charge in [-0.05, 0) is 47.7 Å². The first-order valence-electron chi connectivity index (χ1n) is 9.70. The molecule has 0 aromatic heterocycles. The number of hydrogen-bond donors (Lipinski definition) is 0. The third kappa shape index (κ3) is 4.74. The Balaban J connectivity index is 1.47. The predicted molar refractivity (Wildman–Crippen MR) is 113 cm³/mol. The lowest BCUT2D eigenvalue weighted by atomic mass is 9.99. The van der Waals surface area contributed by atoms with Crippen molar-refractivity contribution in [2.24, 2.45) is 4.99 Å². The Morgan fingerprint density at radius 2 is 1.52 bits per heavy atom. The van der Waals surface area contributed by atoms with E-state index >= 15 is 0 Å². The van der Waals surface area contributed by atoms with Crippen molar-refractivity contribution in [3.05, 3.63) is 88.9 Å². The fraction of sp³-hybridized carbons (Fsp3) is 0.208. The molecular weight excluding hydrogens is 430 g/mol. The van der Waals surface area contributed by atoms with E-state index in [1.807, 2.05) is 48.5 Å². The molecule has 0 saturated carbocycles. The SMILES string of the molecule is FC(F)C(F)(F)Oc1ccc(-c2ccc(C3CCC(c4ccccc4Cl)=N3)cc2)cc1. The summed E-state index contributed by atoms with van der Waals surface area (Å²) in [5.74, 6) is -0.321. The maximum absolute atomic E-state index is 13.0. The minimum absolute atomic E-state index is 0.0488. The molecule has 3 aromatic rings. The fourth-order valence-electron chi connectivity index (χ4n) is 3.55. The van der Waals surface area contributed by atoms with Crippen molar-refractivity contribution in [2.45, 2.75) is 31.4 Å². The van der Waals surface area contributed by atoms with Gasteiger partial charge in [-0.25, -0.2) is 0 Å². The first kappa shape index (κ1) is 21.4. The molecular formula is C24H18ClF4NO. The van der Waals surface area contributed by atoms with E-state index in [2.05, 4.69) is 4.74 Å². The van der Waals surface area contributed by atoms with Gasteiger partial charge in [-0.1, -0.05) is 66.2 Å². The number of benzene rings is 3. The van der Waals surface area contributed by atoms with Gasteiger partial charge in [0.1, 0.15) is 5.75 Å². The number of aliphatic imine (C=N–C) groups is 1. The molecule has 1 aliphatic rings. The summed E-state index contributed by atoms with van der Waals surface area (Å²) < 4.78 is 54.6. The molecule has 3 aromatic carbocycles. The molecule has 1 heterocycles. The van der Waals surface area contributed by atoms with Gasteiger partial charge in [0.25, 0.3) is 0 Å². The lowest BCUT2D eigenvalue weighted by Gasteiger charge is -2.17. The molecule has 2 nitrogen and oxygen atoms in total. The lowest BCUT2D eigenvalue weighted by Crippen LogP contribution is -2.33. The van der Waals surface area contributed by atoms with E-state index in [9.17, 15) is 17.6 Å². The molecule has 1 aliphatic heterocycles. The van der Waals surface area contributed by atoms with E-state index in [0.29, 0.717) is 5.02 Å². The van der Waals surface area contributed by atoms with Crippen LogP contribution in [0.15, 0.2) is 77.8 Å². The van der Waals surface area contributed by atoms with Crippen molar-refractivity contribution < 1.29 is 22.3 Å². The molecule has 1 atom stereocenters. The maximum Gasteiger partial charge on any atom is 0.461 e. The van der Waals surface area contributed by atoms with Gasteiger partial charge in [0.05, 0.1) is 6.04 Å². The summed E-state index contributed by atoms with van der Waals surface area (Å²) in [7, 11) is 0. The summed E-state index contributed by atoms with van der Waals surface area (Å²) in [5, 5.41) is 0.691. The highest BCUT2D eigenvalue weighted by atomic mass is 35.5. The molecule has 31 heavy (non-hydrogen) atoms. The molecule has 0 saturated heterocycles. The van der Waals surface area contributed by atoms with Gasteiger partial charge in [0.2, 0.25) is 0 Å². The normalized spacial score (nSPS) is 16.5. The highest BCUT2D eigenvalue weighted by Crippen LogP contribution is 2.34. The number of halogens is 5. The Kier molecular flexibility index (Phi) is 6.01. The van der Waals surface area contributed by atoms with Crippen LogP contribution in [0.1, 0.15) is 30.0 Å². The van der Waals surface area contributed by atoms with Crippen molar-refractivity contribution in [3.8, 4) is 16.9 Å². The van der Waals surface area contributed by atoms with Crippen LogP contribution in [-0.4, -0.2) is 18.2 Å². The molecule has 1 unspecified atom stereocenters. The first-order valence-corrected chi connectivity index (χ1v) is 10.1. The third-order valence-corrected chi connectivity index (χ3v) is 5.47. The zero-order chi connectivity index (χ0) is 22.0. The topological polar surface area (TPSA) is 21.6 Å². The van der Waals surface area contributed by atoms with Gasteiger partial charge in [0.15, 0.2) is 0 Å². The number of hydrogen-bond acceptors (Lipinski definition) is 2.